The van der Waals surface area contributed by atoms with Crippen LogP contribution in [0.2, 0.25) is 0 Å². The number of nitrogens with two attached hydrogens (primary N) is 1. The molecule has 0 aliphatic carbocycles. The molecule has 0 radical (unpaired) electrons. The van der Waals surface area contributed by atoms with Gasteiger partial charge in [0.05, 0.1) is 7.11 Å². The van der Waals surface area contributed by atoms with E-state index in [1.54, 1.807) is 36.6 Å². The third-order valence-corrected chi connectivity index (χ3v) is 3.68. The average molecular weight is 261 g/mol. The van der Waals surface area contributed by atoms with E-state index in [-0.39, 0.29) is 5.78 Å². The second kappa shape index (κ2) is 5.69. The second-order valence-corrected chi connectivity index (χ2v) is 4.99. The highest BCUT2D eigenvalue weighted by molar-refractivity contribution is 7.09. The van der Waals surface area contributed by atoms with Gasteiger partial charge in [-0.3, -0.25) is 4.79 Å². The highest BCUT2D eigenvalue weighted by Crippen LogP contribution is 2.22. The lowest BCUT2D eigenvalue weighted by Gasteiger charge is -2.07. The molecule has 2 aromatic rings. The fourth-order valence-electron chi connectivity index (χ4n) is 1.73. The zero-order valence-corrected chi connectivity index (χ0v) is 11.0. The summed E-state index contributed by atoms with van der Waals surface area (Å²) in [4.78, 5) is 13.3. The van der Waals surface area contributed by atoms with E-state index in [1.807, 2.05) is 17.5 Å². The molecule has 1 heterocycles. The van der Waals surface area contributed by atoms with Crippen molar-refractivity contribution in [1.82, 2.24) is 0 Å². The van der Waals surface area contributed by atoms with Crippen LogP contribution in [0.25, 0.3) is 0 Å². The normalized spacial score (nSPS) is 10.3. The van der Waals surface area contributed by atoms with E-state index in [0.29, 0.717) is 23.4 Å². The smallest absolute Gasteiger partial charge is 0.165 e. The Morgan fingerprint density at radius 1 is 1.39 bits per heavy atom. The van der Waals surface area contributed by atoms with Crippen LogP contribution in [0, 0.1) is 0 Å². The van der Waals surface area contributed by atoms with Gasteiger partial charge in [0.2, 0.25) is 0 Å². The van der Waals surface area contributed by atoms with Crippen molar-refractivity contribution in [2.24, 2.45) is 0 Å². The maximum Gasteiger partial charge on any atom is 0.165 e. The minimum Gasteiger partial charge on any atom is -0.497 e. The van der Waals surface area contributed by atoms with E-state index in [4.69, 9.17) is 10.5 Å². The number of thiophene rings is 1. The highest BCUT2D eigenvalue weighted by atomic mass is 32.1. The zero-order valence-electron chi connectivity index (χ0n) is 10.2. The molecule has 0 unspecified atom stereocenters. The standard InChI is InChI=1S/C14H15NO2S/c1-17-10-4-6-13(15)12(9-10)14(16)7-5-11-3-2-8-18-11/h2-4,6,8-9H,5,7,15H2,1H3. The van der Waals surface area contributed by atoms with Crippen molar-refractivity contribution in [2.75, 3.05) is 12.8 Å². The summed E-state index contributed by atoms with van der Waals surface area (Å²) in [7, 11) is 1.57. The van der Waals surface area contributed by atoms with E-state index >= 15 is 0 Å². The first-order valence-corrected chi connectivity index (χ1v) is 6.58. The predicted octanol–water partition coefficient (Wildman–Crippen LogP) is 3.15. The number of anilines is 1. The van der Waals surface area contributed by atoms with Gasteiger partial charge in [-0.2, -0.15) is 0 Å². The van der Waals surface area contributed by atoms with Gasteiger partial charge in [-0.15, -0.1) is 11.3 Å². The van der Waals surface area contributed by atoms with Gasteiger partial charge in [0, 0.05) is 22.5 Å². The van der Waals surface area contributed by atoms with E-state index < -0.39 is 0 Å². The van der Waals surface area contributed by atoms with Crippen LogP contribution in [-0.2, 0) is 6.42 Å². The Labute approximate surface area is 110 Å². The number of nitrogen functional groups attached to an aromatic ring is 1. The van der Waals surface area contributed by atoms with Gasteiger partial charge in [-0.05, 0) is 36.1 Å². The van der Waals surface area contributed by atoms with Crippen molar-refractivity contribution < 1.29 is 9.53 Å². The fourth-order valence-corrected chi connectivity index (χ4v) is 2.44. The van der Waals surface area contributed by atoms with Crippen LogP contribution in [0.4, 0.5) is 5.69 Å². The molecule has 1 aromatic carbocycles. The molecule has 0 atom stereocenters. The zero-order chi connectivity index (χ0) is 13.0. The molecule has 94 valence electrons. The monoisotopic (exact) mass is 261 g/mol. The van der Waals surface area contributed by atoms with Gasteiger partial charge in [0.25, 0.3) is 0 Å². The molecule has 2 rings (SSSR count). The number of Topliss-reactive ketones (excluding diaryl/α,β-unsaturated/α-hetero) is 1. The molecular weight excluding hydrogens is 246 g/mol. The second-order valence-electron chi connectivity index (χ2n) is 3.96. The number of methoxy groups -OCH3 is 1. The number of carbonyl (C=O) groups is 1. The largest absolute Gasteiger partial charge is 0.497 e. The van der Waals surface area contributed by atoms with Gasteiger partial charge >= 0.3 is 0 Å². The number of benzene rings is 1. The molecule has 2 N–H and O–H groups in total. The summed E-state index contributed by atoms with van der Waals surface area (Å²) in [5, 5.41) is 2.01. The van der Waals surface area contributed by atoms with Gasteiger partial charge in [0.15, 0.2) is 5.78 Å². The lowest BCUT2D eigenvalue weighted by Crippen LogP contribution is -2.05. The molecule has 3 nitrogen and oxygen atoms in total. The minimum absolute atomic E-state index is 0.0554. The summed E-state index contributed by atoms with van der Waals surface area (Å²) < 4.78 is 5.10. The maximum atomic E-state index is 12.1. The van der Waals surface area contributed by atoms with Crippen LogP contribution < -0.4 is 10.5 Å². The van der Waals surface area contributed by atoms with Crippen molar-refractivity contribution in [2.45, 2.75) is 12.8 Å². The number of rotatable bonds is 5. The van der Waals surface area contributed by atoms with Gasteiger partial charge < -0.3 is 10.5 Å². The molecule has 0 bridgehead atoms. The van der Waals surface area contributed by atoms with Crippen LogP contribution in [0.3, 0.4) is 0 Å². The Bertz CT molecular complexity index is 535. The molecule has 0 saturated carbocycles. The number of hydrogen-bond acceptors (Lipinski definition) is 4. The Kier molecular flexibility index (Phi) is 3.99. The SMILES string of the molecule is COc1ccc(N)c(C(=O)CCc2cccs2)c1. The van der Waals surface area contributed by atoms with Crippen molar-refractivity contribution in [3.8, 4) is 5.75 Å². The summed E-state index contributed by atoms with van der Waals surface area (Å²) in [5.41, 5.74) is 6.87. The van der Waals surface area contributed by atoms with Crippen LogP contribution in [0.5, 0.6) is 5.75 Å². The molecule has 1 aromatic heterocycles. The molecule has 4 heteroatoms. The van der Waals surface area contributed by atoms with E-state index in [9.17, 15) is 4.79 Å². The van der Waals surface area contributed by atoms with Crippen LogP contribution in [-0.4, -0.2) is 12.9 Å². The lowest BCUT2D eigenvalue weighted by atomic mass is 10.0. The molecule has 0 aliphatic heterocycles. The third-order valence-electron chi connectivity index (χ3n) is 2.74. The first-order chi connectivity index (χ1) is 8.70. The summed E-state index contributed by atoms with van der Waals surface area (Å²) in [5.74, 6) is 0.712. The van der Waals surface area contributed by atoms with E-state index in [1.165, 1.54) is 4.88 Å². The quantitative estimate of drug-likeness (QED) is 0.664. The Morgan fingerprint density at radius 2 is 2.22 bits per heavy atom. The summed E-state index contributed by atoms with van der Waals surface area (Å²) in [6.07, 6.45) is 1.23. The molecule has 0 fully saturated rings. The third kappa shape index (κ3) is 2.90. The molecule has 0 aliphatic rings. The van der Waals surface area contributed by atoms with E-state index in [0.717, 1.165) is 6.42 Å². The summed E-state index contributed by atoms with van der Waals surface area (Å²) in [6.45, 7) is 0. The summed E-state index contributed by atoms with van der Waals surface area (Å²) >= 11 is 1.66. The van der Waals surface area contributed by atoms with Crippen LogP contribution in [0.1, 0.15) is 21.7 Å². The average Bonchev–Trinajstić information content (AvgIpc) is 2.89. The number of aryl methyl sites for hydroxylation is 1. The lowest BCUT2D eigenvalue weighted by molar-refractivity contribution is 0.0983. The fraction of sp³-hybridized carbons (Fsp3) is 0.214. The van der Waals surface area contributed by atoms with Gasteiger partial charge in [0.1, 0.15) is 5.75 Å². The topological polar surface area (TPSA) is 52.3 Å². The van der Waals surface area contributed by atoms with Crippen molar-refractivity contribution >= 4 is 22.8 Å². The number of hydrogen-bond donors (Lipinski definition) is 1. The molecular formula is C14H15NO2S. The predicted molar refractivity (Wildman–Crippen MR) is 74.4 cm³/mol. The van der Waals surface area contributed by atoms with Crippen LogP contribution in [0.15, 0.2) is 35.7 Å². The van der Waals surface area contributed by atoms with Crippen molar-refractivity contribution in [1.29, 1.82) is 0 Å². The minimum atomic E-state index is 0.0554. The first kappa shape index (κ1) is 12.6. The van der Waals surface area contributed by atoms with Crippen LogP contribution >= 0.6 is 11.3 Å². The van der Waals surface area contributed by atoms with Gasteiger partial charge in [-0.1, -0.05) is 6.07 Å². The Morgan fingerprint density at radius 3 is 2.89 bits per heavy atom. The van der Waals surface area contributed by atoms with Gasteiger partial charge in [-0.25, -0.2) is 0 Å². The molecule has 18 heavy (non-hydrogen) atoms. The Balaban J connectivity index is 2.08. The maximum absolute atomic E-state index is 12.1. The number of ketones is 1. The van der Waals surface area contributed by atoms with Crippen molar-refractivity contribution in [3.63, 3.8) is 0 Å². The number of ether oxygens (including phenoxy) is 1. The van der Waals surface area contributed by atoms with Crippen molar-refractivity contribution in [3.05, 3.63) is 46.2 Å². The molecule has 0 amide bonds. The Hall–Kier alpha value is -1.81. The molecule has 0 spiro atoms. The first-order valence-electron chi connectivity index (χ1n) is 5.70. The van der Waals surface area contributed by atoms with E-state index in [2.05, 4.69) is 0 Å². The highest BCUT2D eigenvalue weighted by Gasteiger charge is 2.11. The summed E-state index contributed by atoms with van der Waals surface area (Å²) in [6, 6.07) is 9.19. The number of carbonyl (C=O) groups excluding carboxylic acids is 1. The molecule has 0 saturated heterocycles.